The van der Waals surface area contributed by atoms with Crippen LogP contribution in [0, 0.1) is 18.3 Å². The fourth-order valence-electron chi connectivity index (χ4n) is 3.10. The number of hydrogen-bond acceptors (Lipinski definition) is 5. The van der Waals surface area contributed by atoms with E-state index in [0.29, 0.717) is 28.6 Å². The molecule has 0 saturated carbocycles. The van der Waals surface area contributed by atoms with E-state index in [-0.39, 0.29) is 5.91 Å². The normalized spacial score (nSPS) is 10.9. The third kappa shape index (κ3) is 4.56. The Labute approximate surface area is 175 Å². The molecule has 1 aromatic heterocycles. The van der Waals surface area contributed by atoms with Gasteiger partial charge in [0.15, 0.2) is 5.13 Å². The highest BCUT2D eigenvalue weighted by molar-refractivity contribution is 7.22. The lowest BCUT2D eigenvalue weighted by molar-refractivity contribution is -0.858. The van der Waals surface area contributed by atoms with Gasteiger partial charge in [0.1, 0.15) is 11.3 Å². The number of anilines is 1. The third-order valence-corrected chi connectivity index (χ3v) is 5.92. The number of quaternary nitrogens is 1. The first-order valence-corrected chi connectivity index (χ1v) is 10.3. The Balaban J connectivity index is 2.00. The summed E-state index contributed by atoms with van der Waals surface area (Å²) < 4.78 is 6.49. The maximum absolute atomic E-state index is 13.3. The molecule has 6 nitrogen and oxygen atoms in total. The number of nitrogens with one attached hydrogen (secondary N) is 1. The lowest BCUT2D eigenvalue weighted by atomic mass is 10.1. The van der Waals surface area contributed by atoms with E-state index in [4.69, 9.17) is 15.0 Å². The average molecular weight is 410 g/mol. The van der Waals surface area contributed by atoms with Crippen molar-refractivity contribution in [1.29, 1.82) is 5.26 Å². The number of nitrogens with zero attached hydrogens (tertiary/aromatic N) is 3. The zero-order valence-electron chi connectivity index (χ0n) is 17.2. The summed E-state index contributed by atoms with van der Waals surface area (Å²) in [5.41, 5.74) is 2.96. The number of hydrogen-bond donors (Lipinski definition) is 1. The van der Waals surface area contributed by atoms with E-state index >= 15 is 0 Å². The Morgan fingerprint density at radius 3 is 2.59 bits per heavy atom. The maximum Gasteiger partial charge on any atom is 0.260 e. The maximum atomic E-state index is 13.3. The number of carbonyl (C=O) groups excluding carboxylic acids is 1. The van der Waals surface area contributed by atoms with E-state index in [1.807, 2.05) is 19.1 Å². The van der Waals surface area contributed by atoms with Crippen molar-refractivity contribution < 1.29 is 14.4 Å². The summed E-state index contributed by atoms with van der Waals surface area (Å²) in [7, 11) is 5.82. The Morgan fingerprint density at radius 1 is 1.24 bits per heavy atom. The van der Waals surface area contributed by atoms with E-state index in [0.717, 1.165) is 28.7 Å². The molecule has 1 amide bonds. The number of thiazole rings is 1. The molecule has 0 radical (unpaired) electrons. The van der Waals surface area contributed by atoms with E-state index in [1.165, 1.54) is 16.2 Å². The quantitative estimate of drug-likeness (QED) is 0.651. The van der Waals surface area contributed by atoms with Crippen molar-refractivity contribution in [2.45, 2.75) is 13.3 Å². The smallest absolute Gasteiger partial charge is 0.260 e. The summed E-state index contributed by atoms with van der Waals surface area (Å²) in [6.45, 7) is 3.56. The molecule has 1 heterocycles. The van der Waals surface area contributed by atoms with Crippen LogP contribution in [0.25, 0.3) is 10.2 Å². The van der Waals surface area contributed by atoms with Gasteiger partial charge in [-0.25, -0.2) is 4.98 Å². The highest BCUT2D eigenvalue weighted by atomic mass is 32.1. The van der Waals surface area contributed by atoms with Crippen LogP contribution in [-0.2, 0) is 0 Å². The topological polar surface area (TPSA) is 70.7 Å². The summed E-state index contributed by atoms with van der Waals surface area (Å²) in [6, 6.07) is 12.7. The number of aryl methyl sites for hydroxylation is 1. The van der Waals surface area contributed by atoms with Crippen LogP contribution in [0.2, 0.25) is 0 Å². The number of nitriles is 1. The molecular weight excluding hydrogens is 384 g/mol. The average Bonchev–Trinajstić information content (AvgIpc) is 3.17. The van der Waals surface area contributed by atoms with Gasteiger partial charge in [0, 0.05) is 18.5 Å². The summed E-state index contributed by atoms with van der Waals surface area (Å²) in [4.78, 5) is 21.1. The van der Waals surface area contributed by atoms with Crippen molar-refractivity contribution in [3.05, 3.63) is 53.1 Å². The van der Waals surface area contributed by atoms with Gasteiger partial charge in [-0.3, -0.25) is 9.69 Å². The second-order valence-corrected chi connectivity index (χ2v) is 8.19. The lowest BCUT2D eigenvalue weighted by Crippen LogP contribution is -3.05. The van der Waals surface area contributed by atoms with Crippen LogP contribution in [0.3, 0.4) is 0 Å². The highest BCUT2D eigenvalue weighted by Crippen LogP contribution is 2.36. The summed E-state index contributed by atoms with van der Waals surface area (Å²) in [6.07, 6.45) is 0.858. The monoisotopic (exact) mass is 409 g/mol. The van der Waals surface area contributed by atoms with Gasteiger partial charge in [-0.2, -0.15) is 5.26 Å². The van der Waals surface area contributed by atoms with Gasteiger partial charge in [0.25, 0.3) is 5.91 Å². The zero-order valence-corrected chi connectivity index (χ0v) is 18.0. The number of benzene rings is 2. The summed E-state index contributed by atoms with van der Waals surface area (Å²) in [5, 5.41) is 9.67. The SMILES string of the molecule is COc1ccc(C)c2sc(N(CCC[NH+](C)C)C(=O)c3ccc(C#N)cc3)nc12. The van der Waals surface area contributed by atoms with Crippen molar-refractivity contribution in [1.82, 2.24) is 4.98 Å². The predicted molar refractivity (Wildman–Crippen MR) is 116 cm³/mol. The van der Waals surface area contributed by atoms with Crippen LogP contribution in [-0.4, -0.2) is 45.2 Å². The van der Waals surface area contributed by atoms with Gasteiger partial charge in [-0.05, 0) is 42.8 Å². The van der Waals surface area contributed by atoms with Crippen LogP contribution in [0.5, 0.6) is 5.75 Å². The van der Waals surface area contributed by atoms with Crippen molar-refractivity contribution in [3.8, 4) is 11.8 Å². The first-order valence-electron chi connectivity index (χ1n) is 9.49. The summed E-state index contributed by atoms with van der Waals surface area (Å²) in [5.74, 6) is 0.593. The molecule has 0 aliphatic heterocycles. The molecule has 1 N–H and O–H groups in total. The molecule has 0 fully saturated rings. The fraction of sp³-hybridized carbons (Fsp3) is 0.318. The van der Waals surface area contributed by atoms with Crippen LogP contribution in [0.4, 0.5) is 5.13 Å². The minimum Gasteiger partial charge on any atom is -0.494 e. The zero-order chi connectivity index (χ0) is 21.0. The van der Waals surface area contributed by atoms with E-state index in [2.05, 4.69) is 20.2 Å². The predicted octanol–water partition coefficient (Wildman–Crippen LogP) is 2.67. The lowest BCUT2D eigenvalue weighted by Gasteiger charge is -2.20. The van der Waals surface area contributed by atoms with E-state index in [1.54, 1.807) is 36.3 Å². The van der Waals surface area contributed by atoms with Gasteiger partial charge in [-0.15, -0.1) is 0 Å². The summed E-state index contributed by atoms with van der Waals surface area (Å²) >= 11 is 1.51. The minimum atomic E-state index is -0.112. The number of methoxy groups -OCH3 is 1. The fourth-order valence-corrected chi connectivity index (χ4v) is 4.17. The number of carbonyl (C=O) groups is 1. The van der Waals surface area contributed by atoms with Crippen molar-refractivity contribution in [3.63, 3.8) is 0 Å². The molecule has 0 atom stereocenters. The molecule has 0 saturated heterocycles. The van der Waals surface area contributed by atoms with Crippen LogP contribution < -0.4 is 14.5 Å². The molecule has 0 aliphatic carbocycles. The Bertz CT molecular complexity index is 1050. The molecule has 2 aromatic carbocycles. The highest BCUT2D eigenvalue weighted by Gasteiger charge is 2.23. The molecule has 3 aromatic rings. The molecule has 3 rings (SSSR count). The molecule has 29 heavy (non-hydrogen) atoms. The van der Waals surface area contributed by atoms with Crippen molar-refractivity contribution in [2.75, 3.05) is 39.2 Å². The molecule has 0 bridgehead atoms. The second kappa shape index (κ2) is 9.03. The Hall–Kier alpha value is -2.95. The molecule has 0 spiro atoms. The number of amides is 1. The van der Waals surface area contributed by atoms with Crippen molar-refractivity contribution in [2.24, 2.45) is 0 Å². The van der Waals surface area contributed by atoms with E-state index < -0.39 is 0 Å². The number of fused-ring (bicyclic) bond motifs is 1. The van der Waals surface area contributed by atoms with Crippen LogP contribution in [0.1, 0.15) is 27.9 Å². The van der Waals surface area contributed by atoms with E-state index in [9.17, 15) is 4.79 Å². The Morgan fingerprint density at radius 2 is 1.97 bits per heavy atom. The molecular formula is C22H25N4O2S+. The largest absolute Gasteiger partial charge is 0.494 e. The number of rotatable bonds is 7. The molecule has 150 valence electrons. The Kier molecular flexibility index (Phi) is 6.47. The first kappa shape index (κ1) is 20.8. The van der Waals surface area contributed by atoms with Gasteiger partial charge < -0.3 is 9.64 Å². The van der Waals surface area contributed by atoms with Gasteiger partial charge in [0.05, 0.1) is 44.1 Å². The standard InChI is InChI=1S/C22H24N4O2S/c1-15-6-11-18(28-4)19-20(15)29-22(24-19)26(13-5-12-25(2)3)21(27)17-9-7-16(14-23)8-10-17/h6-11H,5,12-13H2,1-4H3/p+1. The first-order chi connectivity index (χ1) is 13.9. The number of aromatic nitrogens is 1. The second-order valence-electron chi connectivity index (χ2n) is 7.22. The molecule has 7 heteroatoms. The molecule has 0 unspecified atom stereocenters. The van der Waals surface area contributed by atoms with Crippen molar-refractivity contribution >= 4 is 32.6 Å². The minimum absolute atomic E-state index is 0.112. The van der Waals surface area contributed by atoms with Gasteiger partial charge >= 0.3 is 0 Å². The van der Waals surface area contributed by atoms with Crippen LogP contribution >= 0.6 is 11.3 Å². The third-order valence-electron chi connectivity index (χ3n) is 4.71. The molecule has 0 aliphatic rings. The number of ether oxygens (including phenoxy) is 1. The van der Waals surface area contributed by atoms with Gasteiger partial charge in [0.2, 0.25) is 0 Å². The van der Waals surface area contributed by atoms with Crippen LogP contribution in [0.15, 0.2) is 36.4 Å². The van der Waals surface area contributed by atoms with Gasteiger partial charge in [-0.1, -0.05) is 17.4 Å².